The van der Waals surface area contributed by atoms with E-state index in [4.69, 9.17) is 11.6 Å². The highest BCUT2D eigenvalue weighted by atomic mass is 35.5. The minimum Gasteiger partial charge on any atom is -0.371 e. The Balaban J connectivity index is 1.19. The van der Waals surface area contributed by atoms with Crippen molar-refractivity contribution in [1.29, 1.82) is 0 Å². The maximum Gasteiger partial charge on any atom is 0.246 e. The second-order valence-electron chi connectivity index (χ2n) is 8.30. The number of aryl methyl sites for hydroxylation is 1. The van der Waals surface area contributed by atoms with Gasteiger partial charge in [0.1, 0.15) is 5.82 Å². The Morgan fingerprint density at radius 3 is 2.57 bits per heavy atom. The van der Waals surface area contributed by atoms with Gasteiger partial charge in [-0.25, -0.2) is 4.98 Å². The van der Waals surface area contributed by atoms with E-state index >= 15 is 0 Å². The standard InChI is InChI=1S/C23H23ClN4O2/c24-19-3-5-20(6-4-19)27-11-17-13-28(14-18(17)12-27)22(30)8-1-15-9-16-2-7-21(29)26-23(16)25-10-15/h1,3-6,8-10,17-18H,2,7,11-14H2,(H,25,26,29). The van der Waals surface area contributed by atoms with Crippen LogP contribution in [0.4, 0.5) is 11.5 Å². The summed E-state index contributed by atoms with van der Waals surface area (Å²) in [6.45, 7) is 3.54. The van der Waals surface area contributed by atoms with Crippen molar-refractivity contribution in [2.75, 3.05) is 36.4 Å². The van der Waals surface area contributed by atoms with Gasteiger partial charge in [0.25, 0.3) is 0 Å². The molecule has 5 rings (SSSR count). The normalized spacial score (nSPS) is 22.9. The van der Waals surface area contributed by atoms with E-state index in [-0.39, 0.29) is 11.8 Å². The number of fused-ring (bicyclic) bond motifs is 2. The summed E-state index contributed by atoms with van der Waals surface area (Å²) in [7, 11) is 0. The lowest BCUT2D eigenvalue weighted by Gasteiger charge is -2.22. The van der Waals surface area contributed by atoms with E-state index in [0.29, 0.717) is 30.5 Å². The molecule has 0 bridgehead atoms. The lowest BCUT2D eigenvalue weighted by molar-refractivity contribution is -0.125. The van der Waals surface area contributed by atoms with Crippen molar-refractivity contribution >= 4 is 41.0 Å². The van der Waals surface area contributed by atoms with Gasteiger partial charge in [-0.15, -0.1) is 0 Å². The molecular formula is C23H23ClN4O2. The van der Waals surface area contributed by atoms with E-state index in [1.807, 2.05) is 29.2 Å². The molecule has 30 heavy (non-hydrogen) atoms. The van der Waals surface area contributed by atoms with Gasteiger partial charge in [0.2, 0.25) is 11.8 Å². The van der Waals surface area contributed by atoms with Crippen molar-refractivity contribution in [1.82, 2.24) is 9.88 Å². The summed E-state index contributed by atoms with van der Waals surface area (Å²) in [5, 5.41) is 3.53. The van der Waals surface area contributed by atoms with Crippen molar-refractivity contribution in [3.05, 3.63) is 58.8 Å². The first kappa shape index (κ1) is 19.1. The van der Waals surface area contributed by atoms with E-state index in [2.05, 4.69) is 27.3 Å². The van der Waals surface area contributed by atoms with Gasteiger partial charge < -0.3 is 15.1 Å². The summed E-state index contributed by atoms with van der Waals surface area (Å²) < 4.78 is 0. The SMILES string of the molecule is O=C1CCc2cc(C=CC(=O)N3CC4CN(c5ccc(Cl)cc5)CC4C3)cnc2N1. The summed E-state index contributed by atoms with van der Waals surface area (Å²) in [5.41, 5.74) is 3.09. The van der Waals surface area contributed by atoms with Gasteiger partial charge in [0.15, 0.2) is 0 Å². The molecule has 1 aromatic heterocycles. The summed E-state index contributed by atoms with van der Waals surface area (Å²) in [4.78, 5) is 32.8. The number of anilines is 2. The fourth-order valence-electron chi connectivity index (χ4n) is 4.67. The van der Waals surface area contributed by atoms with Crippen LogP contribution in [0.1, 0.15) is 17.5 Å². The molecule has 2 amide bonds. The third-order valence-corrected chi connectivity index (χ3v) is 6.53. The number of pyridine rings is 1. The highest BCUT2D eigenvalue weighted by Crippen LogP contribution is 2.34. The number of amides is 2. The Bertz CT molecular complexity index is 1010. The molecule has 2 unspecified atom stereocenters. The van der Waals surface area contributed by atoms with E-state index in [1.165, 1.54) is 5.69 Å². The van der Waals surface area contributed by atoms with Crippen molar-refractivity contribution in [3.8, 4) is 0 Å². The predicted molar refractivity (Wildman–Crippen MR) is 117 cm³/mol. The van der Waals surface area contributed by atoms with Gasteiger partial charge in [0.05, 0.1) is 0 Å². The Labute approximate surface area is 180 Å². The van der Waals surface area contributed by atoms with E-state index in [9.17, 15) is 9.59 Å². The van der Waals surface area contributed by atoms with Crippen LogP contribution in [0.5, 0.6) is 0 Å². The maximum atomic E-state index is 12.7. The van der Waals surface area contributed by atoms with Crippen LogP contribution in [0.3, 0.4) is 0 Å². The number of nitrogens with zero attached hydrogens (tertiary/aromatic N) is 3. The number of benzene rings is 1. The summed E-state index contributed by atoms with van der Waals surface area (Å²) in [6, 6.07) is 9.97. The summed E-state index contributed by atoms with van der Waals surface area (Å²) >= 11 is 5.99. The van der Waals surface area contributed by atoms with Crippen LogP contribution in [-0.2, 0) is 16.0 Å². The van der Waals surface area contributed by atoms with Crippen LogP contribution in [0.2, 0.25) is 5.02 Å². The van der Waals surface area contributed by atoms with Crippen molar-refractivity contribution < 1.29 is 9.59 Å². The molecule has 6 nitrogen and oxygen atoms in total. The van der Waals surface area contributed by atoms with E-state index in [1.54, 1.807) is 12.3 Å². The molecule has 3 aliphatic heterocycles. The Kier molecular flexibility index (Phi) is 4.95. The lowest BCUT2D eigenvalue weighted by atomic mass is 10.0. The molecule has 154 valence electrons. The van der Waals surface area contributed by atoms with E-state index in [0.717, 1.165) is 42.3 Å². The molecule has 7 heteroatoms. The van der Waals surface area contributed by atoms with Gasteiger partial charge in [-0.2, -0.15) is 0 Å². The third-order valence-electron chi connectivity index (χ3n) is 6.28. The first-order valence-electron chi connectivity index (χ1n) is 10.3. The molecule has 0 aliphatic carbocycles. The van der Waals surface area contributed by atoms with Gasteiger partial charge >= 0.3 is 0 Å². The highest BCUT2D eigenvalue weighted by molar-refractivity contribution is 6.30. The fraction of sp³-hybridized carbons (Fsp3) is 0.348. The zero-order chi connectivity index (χ0) is 20.7. The highest BCUT2D eigenvalue weighted by Gasteiger charge is 2.41. The minimum atomic E-state index is 0.00248. The third kappa shape index (κ3) is 3.79. The number of likely N-dealkylation sites (tertiary alicyclic amines) is 1. The Morgan fingerprint density at radius 2 is 1.83 bits per heavy atom. The van der Waals surface area contributed by atoms with Crippen molar-refractivity contribution in [3.63, 3.8) is 0 Å². The van der Waals surface area contributed by atoms with Crippen LogP contribution >= 0.6 is 11.6 Å². The number of hydrogen-bond donors (Lipinski definition) is 1. The first-order valence-corrected chi connectivity index (χ1v) is 10.7. The van der Waals surface area contributed by atoms with Crippen LogP contribution in [0, 0.1) is 11.8 Å². The number of nitrogens with one attached hydrogen (secondary N) is 1. The predicted octanol–water partition coefficient (Wildman–Crippen LogP) is 3.23. The Morgan fingerprint density at radius 1 is 1.10 bits per heavy atom. The molecule has 0 spiro atoms. The topological polar surface area (TPSA) is 65.5 Å². The molecule has 2 atom stereocenters. The van der Waals surface area contributed by atoms with Crippen LogP contribution in [0.15, 0.2) is 42.6 Å². The molecular weight excluding hydrogens is 400 g/mol. The Hall–Kier alpha value is -2.86. The quantitative estimate of drug-likeness (QED) is 0.771. The van der Waals surface area contributed by atoms with Crippen LogP contribution in [-0.4, -0.2) is 47.9 Å². The van der Waals surface area contributed by atoms with Gasteiger partial charge in [-0.1, -0.05) is 11.6 Å². The van der Waals surface area contributed by atoms with Crippen LogP contribution in [0.25, 0.3) is 6.08 Å². The van der Waals surface area contributed by atoms with Crippen LogP contribution < -0.4 is 10.2 Å². The molecule has 0 radical (unpaired) electrons. The second-order valence-corrected chi connectivity index (χ2v) is 8.74. The zero-order valence-electron chi connectivity index (χ0n) is 16.6. The van der Waals surface area contributed by atoms with Gasteiger partial charge in [0, 0.05) is 67.4 Å². The molecule has 2 aromatic rings. The number of aromatic nitrogens is 1. The first-order chi connectivity index (χ1) is 14.5. The lowest BCUT2D eigenvalue weighted by Crippen LogP contribution is -2.32. The number of carbonyl (C=O) groups excluding carboxylic acids is 2. The minimum absolute atomic E-state index is 0.00248. The van der Waals surface area contributed by atoms with Gasteiger partial charge in [-0.05, 0) is 54.0 Å². The zero-order valence-corrected chi connectivity index (χ0v) is 17.3. The molecule has 4 heterocycles. The number of hydrogen-bond acceptors (Lipinski definition) is 4. The van der Waals surface area contributed by atoms with E-state index < -0.39 is 0 Å². The van der Waals surface area contributed by atoms with Gasteiger partial charge in [-0.3, -0.25) is 9.59 Å². The number of halogens is 1. The average Bonchev–Trinajstić information content (AvgIpc) is 3.32. The number of rotatable bonds is 3. The molecule has 2 fully saturated rings. The summed E-state index contributed by atoms with van der Waals surface area (Å²) in [6.07, 6.45) is 6.31. The van der Waals surface area contributed by atoms with Crippen molar-refractivity contribution in [2.45, 2.75) is 12.8 Å². The smallest absolute Gasteiger partial charge is 0.246 e. The van der Waals surface area contributed by atoms with Crippen molar-refractivity contribution in [2.24, 2.45) is 11.8 Å². The molecule has 0 saturated carbocycles. The largest absolute Gasteiger partial charge is 0.371 e. The molecule has 1 N–H and O–H groups in total. The molecule has 2 saturated heterocycles. The number of carbonyl (C=O) groups is 2. The average molecular weight is 423 g/mol. The fourth-order valence-corrected chi connectivity index (χ4v) is 4.80. The second kappa shape index (κ2) is 7.76. The molecule has 3 aliphatic rings. The molecule has 1 aromatic carbocycles. The summed E-state index contributed by atoms with van der Waals surface area (Å²) in [5.74, 6) is 1.70. The monoisotopic (exact) mass is 422 g/mol. The maximum absolute atomic E-state index is 12.7.